The molecule has 1 N–H and O–H groups in total. The molecule has 0 aromatic rings. The summed E-state index contributed by atoms with van der Waals surface area (Å²) in [7, 11) is 0. The lowest BCUT2D eigenvalue weighted by Crippen LogP contribution is -2.44. The van der Waals surface area contributed by atoms with Gasteiger partial charge >= 0.3 is 6.03 Å². The van der Waals surface area contributed by atoms with E-state index in [0.29, 0.717) is 31.2 Å². The van der Waals surface area contributed by atoms with Gasteiger partial charge in [0, 0.05) is 26.1 Å². The van der Waals surface area contributed by atoms with Crippen molar-refractivity contribution in [3.63, 3.8) is 0 Å². The van der Waals surface area contributed by atoms with Crippen molar-refractivity contribution in [3.8, 4) is 0 Å². The number of rotatable bonds is 5. The molecule has 1 unspecified atom stereocenters. The van der Waals surface area contributed by atoms with Crippen LogP contribution < -0.4 is 5.32 Å². The SMILES string of the molecule is CC(C)C1CCCN(C(=O)CCCN2C(=O)NC3(CCCC3)C2=O)CC1. The Morgan fingerprint density at radius 3 is 2.58 bits per heavy atom. The standard InChI is InChI=1S/C20H33N3O3/c1-15(2)16-7-5-12-22(14-9-16)17(24)8-6-13-23-18(25)20(21-19(23)26)10-3-4-11-20/h15-16H,3-14H2,1-2H3,(H,21,26). The maximum Gasteiger partial charge on any atom is 0.325 e. The van der Waals surface area contributed by atoms with E-state index in [2.05, 4.69) is 19.2 Å². The minimum atomic E-state index is -0.641. The van der Waals surface area contributed by atoms with Crippen LogP contribution in [-0.4, -0.2) is 52.8 Å². The first-order valence-corrected chi connectivity index (χ1v) is 10.3. The highest BCUT2D eigenvalue weighted by Gasteiger charge is 2.52. The Bertz CT molecular complexity index is 555. The fourth-order valence-electron chi connectivity index (χ4n) is 4.78. The number of nitrogens with one attached hydrogen (secondary N) is 1. The van der Waals surface area contributed by atoms with Gasteiger partial charge < -0.3 is 10.2 Å². The normalized spacial score (nSPS) is 25.9. The van der Waals surface area contributed by atoms with Gasteiger partial charge in [0.1, 0.15) is 5.54 Å². The van der Waals surface area contributed by atoms with E-state index in [4.69, 9.17) is 0 Å². The largest absolute Gasteiger partial charge is 0.343 e. The van der Waals surface area contributed by atoms with E-state index in [1.54, 1.807) is 0 Å². The number of likely N-dealkylation sites (tertiary alicyclic amines) is 1. The summed E-state index contributed by atoms with van der Waals surface area (Å²) < 4.78 is 0. The third-order valence-electron chi connectivity index (χ3n) is 6.54. The molecule has 146 valence electrons. The van der Waals surface area contributed by atoms with Crippen molar-refractivity contribution in [2.75, 3.05) is 19.6 Å². The lowest BCUT2D eigenvalue weighted by atomic mass is 9.89. The van der Waals surface area contributed by atoms with Gasteiger partial charge in [0.05, 0.1) is 0 Å². The molecule has 2 heterocycles. The highest BCUT2D eigenvalue weighted by molar-refractivity contribution is 6.07. The third kappa shape index (κ3) is 3.89. The quantitative estimate of drug-likeness (QED) is 0.764. The predicted molar refractivity (Wildman–Crippen MR) is 99.4 cm³/mol. The summed E-state index contributed by atoms with van der Waals surface area (Å²) in [6.45, 7) is 6.55. The average molecular weight is 364 g/mol. The molecule has 1 spiro atoms. The highest BCUT2D eigenvalue weighted by atomic mass is 16.2. The van der Waals surface area contributed by atoms with E-state index in [-0.39, 0.29) is 17.8 Å². The molecule has 3 aliphatic rings. The molecule has 0 radical (unpaired) electrons. The van der Waals surface area contributed by atoms with Crippen LogP contribution in [0.1, 0.15) is 71.6 Å². The molecule has 26 heavy (non-hydrogen) atoms. The molecule has 0 bridgehead atoms. The van der Waals surface area contributed by atoms with Gasteiger partial charge in [-0.05, 0) is 50.4 Å². The molecular formula is C20H33N3O3. The van der Waals surface area contributed by atoms with Crippen LogP contribution in [0.25, 0.3) is 0 Å². The predicted octanol–water partition coefficient (Wildman–Crippen LogP) is 2.92. The number of carbonyl (C=O) groups is 3. The second-order valence-corrected chi connectivity index (χ2v) is 8.60. The summed E-state index contributed by atoms with van der Waals surface area (Å²) in [5, 5.41) is 2.90. The van der Waals surface area contributed by atoms with Crippen molar-refractivity contribution in [2.45, 2.75) is 77.2 Å². The summed E-state index contributed by atoms with van der Waals surface area (Å²) in [5.74, 6) is 1.47. The number of amides is 4. The fourth-order valence-corrected chi connectivity index (χ4v) is 4.78. The summed E-state index contributed by atoms with van der Waals surface area (Å²) >= 11 is 0. The molecule has 3 fully saturated rings. The zero-order valence-corrected chi connectivity index (χ0v) is 16.3. The number of imide groups is 1. The summed E-state index contributed by atoms with van der Waals surface area (Å²) in [6, 6.07) is -0.279. The van der Waals surface area contributed by atoms with Crippen molar-refractivity contribution in [2.24, 2.45) is 11.8 Å². The topological polar surface area (TPSA) is 69.7 Å². The zero-order chi connectivity index (χ0) is 18.7. The van der Waals surface area contributed by atoms with Crippen LogP contribution in [0.3, 0.4) is 0 Å². The van der Waals surface area contributed by atoms with Gasteiger partial charge in [-0.15, -0.1) is 0 Å². The Morgan fingerprint density at radius 1 is 1.15 bits per heavy atom. The Kier molecular flexibility index (Phi) is 5.88. The molecule has 0 aromatic carbocycles. The lowest BCUT2D eigenvalue weighted by molar-refractivity contribution is -0.133. The Balaban J connectivity index is 1.45. The Morgan fingerprint density at radius 2 is 1.88 bits per heavy atom. The molecule has 6 heteroatoms. The number of hydrogen-bond acceptors (Lipinski definition) is 3. The van der Waals surface area contributed by atoms with Gasteiger partial charge in [0.2, 0.25) is 5.91 Å². The average Bonchev–Trinajstić information content (AvgIpc) is 3.04. The van der Waals surface area contributed by atoms with Crippen molar-refractivity contribution < 1.29 is 14.4 Å². The molecule has 1 atom stereocenters. The smallest absolute Gasteiger partial charge is 0.325 e. The summed E-state index contributed by atoms with van der Waals surface area (Å²) in [4.78, 5) is 40.6. The second-order valence-electron chi connectivity index (χ2n) is 8.60. The van der Waals surface area contributed by atoms with E-state index in [1.807, 2.05) is 4.90 Å². The Labute approximate surface area is 156 Å². The van der Waals surface area contributed by atoms with Gasteiger partial charge in [-0.25, -0.2) is 4.79 Å². The summed E-state index contributed by atoms with van der Waals surface area (Å²) in [5.41, 5.74) is -0.641. The lowest BCUT2D eigenvalue weighted by Gasteiger charge is -2.22. The van der Waals surface area contributed by atoms with Crippen LogP contribution in [0.2, 0.25) is 0 Å². The minimum Gasteiger partial charge on any atom is -0.343 e. The fraction of sp³-hybridized carbons (Fsp3) is 0.850. The molecule has 1 aliphatic carbocycles. The molecule has 4 amide bonds. The molecular weight excluding hydrogens is 330 g/mol. The summed E-state index contributed by atoms with van der Waals surface area (Å²) in [6.07, 6.45) is 7.80. The third-order valence-corrected chi connectivity index (χ3v) is 6.54. The van der Waals surface area contributed by atoms with Crippen LogP contribution in [0.15, 0.2) is 0 Å². The van der Waals surface area contributed by atoms with E-state index >= 15 is 0 Å². The van der Waals surface area contributed by atoms with E-state index in [0.717, 1.165) is 51.6 Å². The van der Waals surface area contributed by atoms with Crippen LogP contribution in [0, 0.1) is 11.8 Å². The molecule has 1 saturated carbocycles. The van der Waals surface area contributed by atoms with E-state index in [9.17, 15) is 14.4 Å². The molecule has 6 nitrogen and oxygen atoms in total. The first kappa shape index (κ1) is 19.2. The van der Waals surface area contributed by atoms with Crippen LogP contribution in [-0.2, 0) is 9.59 Å². The van der Waals surface area contributed by atoms with Crippen LogP contribution in [0.5, 0.6) is 0 Å². The van der Waals surface area contributed by atoms with Crippen molar-refractivity contribution in [1.29, 1.82) is 0 Å². The van der Waals surface area contributed by atoms with Gasteiger partial charge in [-0.1, -0.05) is 26.7 Å². The number of nitrogens with zero attached hydrogens (tertiary/aromatic N) is 2. The first-order chi connectivity index (χ1) is 12.4. The second kappa shape index (κ2) is 7.97. The minimum absolute atomic E-state index is 0.0815. The van der Waals surface area contributed by atoms with E-state index in [1.165, 1.54) is 11.3 Å². The number of carbonyl (C=O) groups excluding carboxylic acids is 3. The Hall–Kier alpha value is -1.59. The van der Waals surface area contributed by atoms with Gasteiger partial charge in [-0.2, -0.15) is 0 Å². The van der Waals surface area contributed by atoms with Crippen molar-refractivity contribution >= 4 is 17.8 Å². The van der Waals surface area contributed by atoms with Gasteiger partial charge in [-0.3, -0.25) is 14.5 Å². The first-order valence-electron chi connectivity index (χ1n) is 10.3. The molecule has 3 rings (SSSR count). The zero-order valence-electron chi connectivity index (χ0n) is 16.3. The van der Waals surface area contributed by atoms with Gasteiger partial charge in [0.25, 0.3) is 5.91 Å². The monoisotopic (exact) mass is 363 g/mol. The van der Waals surface area contributed by atoms with Crippen molar-refractivity contribution in [1.82, 2.24) is 15.1 Å². The highest BCUT2D eigenvalue weighted by Crippen LogP contribution is 2.35. The number of urea groups is 1. The molecule has 0 aromatic heterocycles. The van der Waals surface area contributed by atoms with Crippen molar-refractivity contribution in [3.05, 3.63) is 0 Å². The number of hydrogen-bond donors (Lipinski definition) is 1. The molecule has 2 saturated heterocycles. The maximum absolute atomic E-state index is 12.6. The van der Waals surface area contributed by atoms with Crippen LogP contribution >= 0.6 is 0 Å². The van der Waals surface area contributed by atoms with Crippen LogP contribution in [0.4, 0.5) is 4.79 Å². The maximum atomic E-state index is 12.6. The van der Waals surface area contributed by atoms with Gasteiger partial charge in [0.15, 0.2) is 0 Å². The van der Waals surface area contributed by atoms with E-state index < -0.39 is 5.54 Å². The molecule has 2 aliphatic heterocycles.